The number of rotatable bonds is 0. The summed E-state index contributed by atoms with van der Waals surface area (Å²) in [6.45, 7) is 0. The minimum Gasteiger partial charge on any atom is -0.143 e. The normalized spacial score (nSPS) is 9.25. The van der Waals surface area contributed by atoms with Gasteiger partial charge in [-0.3, -0.25) is 0 Å². The first-order valence-electron chi connectivity index (χ1n) is 2.15. The summed E-state index contributed by atoms with van der Waals surface area (Å²) in [6, 6.07) is 8.56. The second-order valence-corrected chi connectivity index (χ2v) is 2.79. The first kappa shape index (κ1) is 6.17. The zero-order chi connectivity index (χ0) is 5.98. The Labute approximate surface area is 62.5 Å². The number of hydrogen-bond donors (Lipinski definition) is 1. The third-order valence-corrected chi connectivity index (χ3v) is 1.53. The average molecular weight is 188 g/mol. The van der Waals surface area contributed by atoms with Crippen LogP contribution in [0.5, 0.6) is 0 Å². The molecular formula is C6H4BrS. The van der Waals surface area contributed by atoms with E-state index in [0.29, 0.717) is 0 Å². The van der Waals surface area contributed by atoms with E-state index in [9.17, 15) is 0 Å². The van der Waals surface area contributed by atoms with Crippen LogP contribution in [-0.4, -0.2) is 0 Å². The maximum atomic E-state index is 4.06. The molecule has 0 spiro atoms. The second kappa shape index (κ2) is 2.55. The maximum absolute atomic E-state index is 4.06. The minimum absolute atomic E-state index is 0.869. The van der Waals surface area contributed by atoms with Crippen LogP contribution in [0.15, 0.2) is 27.6 Å². The summed E-state index contributed by atoms with van der Waals surface area (Å²) in [4.78, 5) is 0.869. The van der Waals surface area contributed by atoms with Crippen molar-refractivity contribution in [3.8, 4) is 0 Å². The molecule has 0 amide bonds. The van der Waals surface area contributed by atoms with Crippen LogP contribution < -0.4 is 0 Å². The topological polar surface area (TPSA) is 0 Å². The molecule has 0 aliphatic rings. The molecule has 0 saturated carbocycles. The molecule has 1 aromatic carbocycles. The Morgan fingerprint density at radius 3 is 2.62 bits per heavy atom. The van der Waals surface area contributed by atoms with Gasteiger partial charge in [0.1, 0.15) is 0 Å². The molecule has 1 radical (unpaired) electrons. The van der Waals surface area contributed by atoms with Gasteiger partial charge in [-0.15, -0.1) is 12.6 Å². The predicted molar refractivity (Wildman–Crippen MR) is 40.2 cm³/mol. The molecule has 0 atom stereocenters. The summed E-state index contributed by atoms with van der Waals surface area (Å²) in [5, 5.41) is 0. The summed E-state index contributed by atoms with van der Waals surface area (Å²) in [6.07, 6.45) is 0. The van der Waals surface area contributed by atoms with E-state index in [2.05, 4.69) is 34.6 Å². The summed E-state index contributed by atoms with van der Waals surface area (Å²) in [7, 11) is 0. The van der Waals surface area contributed by atoms with Crippen molar-refractivity contribution in [2.75, 3.05) is 0 Å². The Balaban J connectivity index is 3.03. The SMILES string of the molecule is Sc1[c]cc(Br)cc1. The quantitative estimate of drug-likeness (QED) is 0.594. The molecule has 0 heterocycles. The Morgan fingerprint density at radius 1 is 1.50 bits per heavy atom. The van der Waals surface area contributed by atoms with Gasteiger partial charge in [0, 0.05) is 9.37 Å². The molecule has 0 unspecified atom stereocenters. The Morgan fingerprint density at radius 2 is 2.25 bits per heavy atom. The van der Waals surface area contributed by atoms with E-state index in [1.165, 1.54) is 0 Å². The van der Waals surface area contributed by atoms with Crippen LogP contribution in [0.1, 0.15) is 0 Å². The first-order chi connectivity index (χ1) is 3.79. The Hall–Kier alpha value is 0.0500. The fourth-order valence-electron chi connectivity index (χ4n) is 0.398. The second-order valence-electron chi connectivity index (χ2n) is 1.39. The van der Waals surface area contributed by atoms with Crippen LogP contribution in [0.3, 0.4) is 0 Å². The molecule has 0 saturated heterocycles. The fraction of sp³-hybridized carbons (Fsp3) is 0. The summed E-state index contributed by atoms with van der Waals surface area (Å²) in [5.74, 6) is 0. The molecule has 0 nitrogen and oxygen atoms in total. The maximum Gasteiger partial charge on any atom is 0.0182 e. The van der Waals surface area contributed by atoms with Crippen LogP contribution >= 0.6 is 28.6 Å². The van der Waals surface area contributed by atoms with Gasteiger partial charge in [0.25, 0.3) is 0 Å². The lowest BCUT2D eigenvalue weighted by atomic mass is 10.4. The third-order valence-electron chi connectivity index (χ3n) is 0.758. The molecule has 0 bridgehead atoms. The highest BCUT2D eigenvalue weighted by atomic mass is 79.9. The van der Waals surface area contributed by atoms with Gasteiger partial charge in [-0.05, 0) is 24.3 Å². The Kier molecular flexibility index (Phi) is 1.97. The van der Waals surface area contributed by atoms with E-state index in [1.807, 2.05) is 18.2 Å². The first-order valence-corrected chi connectivity index (χ1v) is 3.39. The molecular weight excluding hydrogens is 184 g/mol. The number of halogens is 1. The lowest BCUT2D eigenvalue weighted by Gasteiger charge is -1.86. The van der Waals surface area contributed by atoms with E-state index in [4.69, 9.17) is 0 Å². The van der Waals surface area contributed by atoms with Crippen LogP contribution in [0.2, 0.25) is 0 Å². The van der Waals surface area contributed by atoms with Gasteiger partial charge in [-0.25, -0.2) is 0 Å². The fourth-order valence-corrected chi connectivity index (χ4v) is 0.783. The highest BCUT2D eigenvalue weighted by Crippen LogP contribution is 2.11. The molecule has 0 fully saturated rings. The molecule has 0 aliphatic carbocycles. The monoisotopic (exact) mass is 187 g/mol. The van der Waals surface area contributed by atoms with Gasteiger partial charge in [0.2, 0.25) is 0 Å². The van der Waals surface area contributed by atoms with Crippen molar-refractivity contribution < 1.29 is 0 Å². The van der Waals surface area contributed by atoms with Crippen LogP contribution in [0, 0.1) is 6.07 Å². The highest BCUT2D eigenvalue weighted by Gasteiger charge is 1.83. The van der Waals surface area contributed by atoms with Gasteiger partial charge in [0.05, 0.1) is 0 Å². The third kappa shape index (κ3) is 1.53. The van der Waals surface area contributed by atoms with Gasteiger partial charge >= 0.3 is 0 Å². The molecule has 2 heteroatoms. The molecule has 0 aliphatic heterocycles. The zero-order valence-corrected chi connectivity index (χ0v) is 6.54. The van der Waals surface area contributed by atoms with Crippen molar-refractivity contribution in [2.45, 2.75) is 4.90 Å². The van der Waals surface area contributed by atoms with Crippen molar-refractivity contribution in [2.24, 2.45) is 0 Å². The minimum atomic E-state index is 0.869. The smallest absolute Gasteiger partial charge is 0.0182 e. The van der Waals surface area contributed by atoms with Crippen molar-refractivity contribution in [3.05, 3.63) is 28.7 Å². The van der Waals surface area contributed by atoms with Crippen molar-refractivity contribution in [1.82, 2.24) is 0 Å². The van der Waals surface area contributed by atoms with E-state index in [-0.39, 0.29) is 0 Å². The molecule has 41 valence electrons. The van der Waals surface area contributed by atoms with E-state index < -0.39 is 0 Å². The van der Waals surface area contributed by atoms with Crippen LogP contribution in [0.4, 0.5) is 0 Å². The highest BCUT2D eigenvalue weighted by molar-refractivity contribution is 9.10. The van der Waals surface area contributed by atoms with Gasteiger partial charge < -0.3 is 0 Å². The lowest BCUT2D eigenvalue weighted by Crippen LogP contribution is -1.63. The zero-order valence-electron chi connectivity index (χ0n) is 4.06. The summed E-state index contributed by atoms with van der Waals surface area (Å²) >= 11 is 7.34. The van der Waals surface area contributed by atoms with E-state index >= 15 is 0 Å². The van der Waals surface area contributed by atoms with Crippen LogP contribution in [-0.2, 0) is 0 Å². The van der Waals surface area contributed by atoms with Crippen molar-refractivity contribution in [3.63, 3.8) is 0 Å². The predicted octanol–water partition coefficient (Wildman–Crippen LogP) is 2.54. The Bertz CT molecular complexity index is 147. The number of benzene rings is 1. The molecule has 1 aromatic rings. The number of thiol groups is 1. The van der Waals surface area contributed by atoms with Gasteiger partial charge in [-0.1, -0.05) is 15.9 Å². The molecule has 1 rings (SSSR count). The molecule has 8 heavy (non-hydrogen) atoms. The average Bonchev–Trinajstić information content (AvgIpc) is 1.77. The van der Waals surface area contributed by atoms with E-state index in [0.717, 1.165) is 9.37 Å². The number of hydrogen-bond acceptors (Lipinski definition) is 1. The standard InChI is InChI=1S/C6H4BrS/c7-5-1-3-6(8)4-2-5/h1-3,8H. The largest absolute Gasteiger partial charge is 0.143 e. The van der Waals surface area contributed by atoms with Crippen molar-refractivity contribution in [1.29, 1.82) is 0 Å². The molecule has 0 N–H and O–H groups in total. The van der Waals surface area contributed by atoms with Crippen LogP contribution in [0.25, 0.3) is 0 Å². The molecule has 0 aromatic heterocycles. The van der Waals surface area contributed by atoms with E-state index in [1.54, 1.807) is 0 Å². The summed E-state index contributed by atoms with van der Waals surface area (Å²) < 4.78 is 1.04. The van der Waals surface area contributed by atoms with Crippen molar-refractivity contribution >= 4 is 28.6 Å². The summed E-state index contributed by atoms with van der Waals surface area (Å²) in [5.41, 5.74) is 0. The van der Waals surface area contributed by atoms with Gasteiger partial charge in [0.15, 0.2) is 0 Å². The lowest BCUT2D eigenvalue weighted by molar-refractivity contribution is 1.44. The van der Waals surface area contributed by atoms with Gasteiger partial charge in [-0.2, -0.15) is 0 Å².